The molecule has 72 valence electrons. The van der Waals surface area contributed by atoms with Gasteiger partial charge in [0.1, 0.15) is 0 Å². The number of hydrogen-bond acceptors (Lipinski definition) is 4. The third-order valence-electron chi connectivity index (χ3n) is 1.47. The summed E-state index contributed by atoms with van der Waals surface area (Å²) in [6.45, 7) is 2.47. The lowest BCUT2D eigenvalue weighted by Crippen LogP contribution is -2.04. The first-order valence-electron chi connectivity index (χ1n) is 4.15. The third kappa shape index (κ3) is 2.85. The fourth-order valence-electron chi connectivity index (χ4n) is 0.779. The van der Waals surface area contributed by atoms with Crippen molar-refractivity contribution in [2.75, 3.05) is 12.3 Å². The molecule has 0 fully saturated rings. The van der Waals surface area contributed by atoms with E-state index in [1.165, 1.54) is 0 Å². The Morgan fingerprint density at radius 2 is 2.38 bits per heavy atom. The molecule has 1 heterocycles. The van der Waals surface area contributed by atoms with E-state index in [0.29, 0.717) is 6.61 Å². The summed E-state index contributed by atoms with van der Waals surface area (Å²) in [7, 11) is 0. The lowest BCUT2D eigenvalue weighted by atomic mass is 10.4. The number of ether oxygens (including phenoxy) is 1. The number of nitrogens with two attached hydrogens (primary N) is 1. The van der Waals surface area contributed by atoms with Crippen molar-refractivity contribution in [2.45, 2.75) is 19.8 Å². The highest BCUT2D eigenvalue weighted by molar-refractivity contribution is 5.22. The van der Waals surface area contributed by atoms with Crippen LogP contribution in [-0.4, -0.2) is 16.6 Å². The zero-order valence-electron chi connectivity index (χ0n) is 7.46. The van der Waals surface area contributed by atoms with Crippen molar-refractivity contribution in [3.63, 3.8) is 0 Å². The van der Waals surface area contributed by atoms with Crippen molar-refractivity contribution in [1.29, 1.82) is 0 Å². The highest BCUT2D eigenvalue weighted by Crippen LogP contribution is 2.12. The normalized spacial score (nSPS) is 10.0. The molecule has 0 saturated heterocycles. The summed E-state index contributed by atoms with van der Waals surface area (Å²) in [5.41, 5.74) is 5.26. The minimum Gasteiger partial charge on any atom is -0.475 e. The van der Waals surface area contributed by atoms with Crippen LogP contribution in [0.3, 0.4) is 0 Å². The molecule has 1 rings (SSSR count). The van der Waals surface area contributed by atoms with Crippen molar-refractivity contribution in [3.8, 4) is 5.88 Å². The molecule has 0 atom stereocenters. The first-order valence-corrected chi connectivity index (χ1v) is 4.15. The largest absolute Gasteiger partial charge is 0.475 e. The first-order chi connectivity index (χ1) is 6.24. The second kappa shape index (κ2) is 4.59. The van der Waals surface area contributed by atoms with Crippen LogP contribution in [0.4, 0.5) is 10.3 Å². The number of hydrogen-bond donors (Lipinski definition) is 1. The molecule has 0 radical (unpaired) electrons. The molecule has 4 nitrogen and oxygen atoms in total. The van der Waals surface area contributed by atoms with Gasteiger partial charge in [-0.15, -0.1) is 0 Å². The van der Waals surface area contributed by atoms with Crippen LogP contribution in [0, 0.1) is 5.82 Å². The maximum absolute atomic E-state index is 12.9. The Balaban J connectivity index is 2.59. The van der Waals surface area contributed by atoms with E-state index >= 15 is 0 Å². The van der Waals surface area contributed by atoms with E-state index in [-0.39, 0.29) is 11.8 Å². The number of rotatable bonds is 4. The summed E-state index contributed by atoms with van der Waals surface area (Å²) < 4.78 is 17.9. The summed E-state index contributed by atoms with van der Waals surface area (Å²) in [6, 6.07) is 0. The molecule has 13 heavy (non-hydrogen) atoms. The molecule has 0 aliphatic carbocycles. The molecular weight excluding hydrogens is 173 g/mol. The van der Waals surface area contributed by atoms with Gasteiger partial charge >= 0.3 is 0 Å². The average molecular weight is 185 g/mol. The molecule has 0 bridgehead atoms. The molecular formula is C8H12FN3O. The SMILES string of the molecule is CCCCOc1nc(N)ncc1F. The van der Waals surface area contributed by atoms with Crippen LogP contribution in [0.1, 0.15) is 19.8 Å². The van der Waals surface area contributed by atoms with E-state index in [0.717, 1.165) is 19.0 Å². The number of nitrogen functional groups attached to an aromatic ring is 1. The lowest BCUT2D eigenvalue weighted by molar-refractivity contribution is 0.281. The Bertz CT molecular complexity index is 280. The standard InChI is InChI=1S/C8H12FN3O/c1-2-3-4-13-7-6(9)5-11-8(10)12-7/h5H,2-4H2,1H3,(H2,10,11,12). The van der Waals surface area contributed by atoms with Crippen molar-refractivity contribution < 1.29 is 9.13 Å². The number of nitrogens with zero attached hydrogens (tertiary/aromatic N) is 2. The zero-order valence-corrected chi connectivity index (χ0v) is 7.46. The Hall–Kier alpha value is -1.39. The summed E-state index contributed by atoms with van der Waals surface area (Å²) in [5.74, 6) is -0.626. The topological polar surface area (TPSA) is 61.0 Å². The maximum atomic E-state index is 12.9. The van der Waals surface area contributed by atoms with Crippen LogP contribution in [0.5, 0.6) is 5.88 Å². The highest BCUT2D eigenvalue weighted by atomic mass is 19.1. The van der Waals surface area contributed by atoms with Gasteiger partial charge in [0.25, 0.3) is 5.88 Å². The van der Waals surface area contributed by atoms with E-state index in [2.05, 4.69) is 9.97 Å². The molecule has 2 N–H and O–H groups in total. The predicted molar refractivity (Wildman–Crippen MR) is 46.8 cm³/mol. The van der Waals surface area contributed by atoms with Gasteiger partial charge in [-0.25, -0.2) is 4.98 Å². The summed E-state index contributed by atoms with van der Waals surface area (Å²) in [6.07, 6.45) is 2.86. The fraction of sp³-hybridized carbons (Fsp3) is 0.500. The van der Waals surface area contributed by atoms with Gasteiger partial charge in [-0.3, -0.25) is 0 Å². The van der Waals surface area contributed by atoms with Crippen molar-refractivity contribution in [2.24, 2.45) is 0 Å². The van der Waals surface area contributed by atoms with E-state index in [4.69, 9.17) is 10.5 Å². The van der Waals surface area contributed by atoms with Crippen LogP contribution < -0.4 is 10.5 Å². The quantitative estimate of drug-likeness (QED) is 0.720. The molecule has 0 saturated carbocycles. The van der Waals surface area contributed by atoms with Gasteiger partial charge < -0.3 is 10.5 Å². The van der Waals surface area contributed by atoms with Crippen LogP contribution in [0.2, 0.25) is 0 Å². The van der Waals surface area contributed by atoms with E-state index in [1.807, 2.05) is 6.92 Å². The number of aromatic nitrogens is 2. The molecule has 0 amide bonds. The molecule has 1 aromatic rings. The zero-order chi connectivity index (χ0) is 9.68. The van der Waals surface area contributed by atoms with Gasteiger partial charge in [-0.1, -0.05) is 13.3 Å². The monoisotopic (exact) mass is 185 g/mol. The molecule has 0 spiro atoms. The van der Waals surface area contributed by atoms with Gasteiger partial charge in [0.15, 0.2) is 0 Å². The molecule has 0 aromatic carbocycles. The summed E-state index contributed by atoms with van der Waals surface area (Å²) in [5, 5.41) is 0. The molecule has 0 unspecified atom stereocenters. The Kier molecular flexibility index (Phi) is 3.42. The third-order valence-corrected chi connectivity index (χ3v) is 1.47. The van der Waals surface area contributed by atoms with E-state index < -0.39 is 5.82 Å². The Morgan fingerprint density at radius 3 is 3.08 bits per heavy atom. The highest BCUT2D eigenvalue weighted by Gasteiger charge is 2.05. The van der Waals surface area contributed by atoms with Gasteiger partial charge in [0.05, 0.1) is 12.8 Å². The first kappa shape index (κ1) is 9.70. The van der Waals surface area contributed by atoms with E-state index in [1.54, 1.807) is 0 Å². The molecule has 1 aromatic heterocycles. The second-order valence-electron chi connectivity index (χ2n) is 2.58. The minimum absolute atomic E-state index is 0.0212. The molecule has 0 aliphatic heterocycles. The van der Waals surface area contributed by atoms with Crippen molar-refractivity contribution in [1.82, 2.24) is 9.97 Å². The average Bonchev–Trinajstić information content (AvgIpc) is 2.11. The van der Waals surface area contributed by atoms with Crippen LogP contribution in [0.25, 0.3) is 0 Å². The maximum Gasteiger partial charge on any atom is 0.255 e. The second-order valence-corrected chi connectivity index (χ2v) is 2.58. The van der Waals surface area contributed by atoms with Crippen LogP contribution in [0.15, 0.2) is 6.20 Å². The van der Waals surface area contributed by atoms with Crippen LogP contribution in [-0.2, 0) is 0 Å². The smallest absolute Gasteiger partial charge is 0.255 e. The predicted octanol–water partition coefficient (Wildman–Crippen LogP) is 1.38. The number of unbranched alkanes of at least 4 members (excludes halogenated alkanes) is 1. The van der Waals surface area contributed by atoms with Gasteiger partial charge in [-0.2, -0.15) is 9.37 Å². The number of anilines is 1. The van der Waals surface area contributed by atoms with Gasteiger partial charge in [0.2, 0.25) is 11.8 Å². The Labute approximate surface area is 75.9 Å². The van der Waals surface area contributed by atoms with Crippen LogP contribution >= 0.6 is 0 Å². The number of halogens is 1. The lowest BCUT2D eigenvalue weighted by Gasteiger charge is -2.04. The summed E-state index contributed by atoms with van der Waals surface area (Å²) >= 11 is 0. The molecule has 0 aliphatic rings. The van der Waals surface area contributed by atoms with Gasteiger partial charge in [-0.05, 0) is 6.42 Å². The van der Waals surface area contributed by atoms with Gasteiger partial charge in [0, 0.05) is 0 Å². The van der Waals surface area contributed by atoms with Crippen molar-refractivity contribution >= 4 is 5.95 Å². The fourth-order valence-corrected chi connectivity index (χ4v) is 0.779. The molecule has 5 heteroatoms. The Morgan fingerprint density at radius 1 is 1.62 bits per heavy atom. The minimum atomic E-state index is -0.578. The summed E-state index contributed by atoms with van der Waals surface area (Å²) in [4.78, 5) is 7.09. The van der Waals surface area contributed by atoms with E-state index in [9.17, 15) is 4.39 Å². The van der Waals surface area contributed by atoms with Crippen molar-refractivity contribution in [3.05, 3.63) is 12.0 Å².